The summed E-state index contributed by atoms with van der Waals surface area (Å²) < 4.78 is 10.3. The lowest BCUT2D eigenvalue weighted by Crippen LogP contribution is -2.30. The smallest absolute Gasteiger partial charge is 0.334 e. The van der Waals surface area contributed by atoms with E-state index < -0.39 is 0 Å². The van der Waals surface area contributed by atoms with E-state index in [4.69, 9.17) is 9.47 Å². The van der Waals surface area contributed by atoms with E-state index in [1.165, 1.54) is 7.05 Å². The van der Waals surface area contributed by atoms with Gasteiger partial charge < -0.3 is 14.8 Å². The maximum absolute atomic E-state index is 10.7. The van der Waals surface area contributed by atoms with Crippen LogP contribution in [0.3, 0.4) is 0 Å². The molecule has 1 saturated heterocycles. The van der Waals surface area contributed by atoms with Gasteiger partial charge in [-0.1, -0.05) is 0 Å². The Bertz CT molecular complexity index is 195. The Labute approximate surface area is 76.3 Å². The molecule has 0 aromatic rings. The fourth-order valence-corrected chi connectivity index (χ4v) is 0.790. The van der Waals surface area contributed by atoms with E-state index in [0.717, 1.165) is 0 Å². The molecule has 0 aliphatic carbocycles. The number of ether oxygens (including phenoxy) is 2. The van der Waals surface area contributed by atoms with Crippen LogP contribution in [0.4, 0.5) is 4.79 Å². The average molecular weight is 187 g/mol. The highest BCUT2D eigenvalue weighted by Gasteiger charge is 2.06. The van der Waals surface area contributed by atoms with E-state index in [9.17, 15) is 4.79 Å². The van der Waals surface area contributed by atoms with Gasteiger partial charge in [-0.05, 0) is 0 Å². The van der Waals surface area contributed by atoms with Crippen LogP contribution in [-0.2, 0) is 9.47 Å². The Balaban J connectivity index is 2.34. The third-order valence-corrected chi connectivity index (χ3v) is 1.45. The van der Waals surface area contributed by atoms with Crippen LogP contribution in [0.2, 0.25) is 0 Å². The van der Waals surface area contributed by atoms with Gasteiger partial charge in [0.1, 0.15) is 0 Å². The van der Waals surface area contributed by atoms with Crippen molar-refractivity contribution in [3.63, 3.8) is 0 Å². The molecule has 0 unspecified atom stereocenters. The van der Waals surface area contributed by atoms with Gasteiger partial charge in [-0.25, -0.2) is 10.2 Å². The number of amides is 2. The van der Waals surface area contributed by atoms with Crippen LogP contribution in [0.25, 0.3) is 0 Å². The lowest BCUT2D eigenvalue weighted by molar-refractivity contribution is 0.103. The van der Waals surface area contributed by atoms with Gasteiger partial charge in [0.05, 0.1) is 32.1 Å². The molecule has 74 valence electrons. The number of hydrogen-bond acceptors (Lipinski definition) is 4. The van der Waals surface area contributed by atoms with Gasteiger partial charge in [0.25, 0.3) is 0 Å². The van der Waals surface area contributed by atoms with Gasteiger partial charge in [-0.3, -0.25) is 0 Å². The van der Waals surface area contributed by atoms with Crippen LogP contribution in [0.1, 0.15) is 0 Å². The summed E-state index contributed by atoms with van der Waals surface area (Å²) in [6.45, 7) is 1.95. The predicted octanol–water partition coefficient (Wildman–Crippen LogP) is -0.682. The molecule has 2 amide bonds. The van der Waals surface area contributed by atoms with Gasteiger partial charge in [0, 0.05) is 7.05 Å². The summed E-state index contributed by atoms with van der Waals surface area (Å²) in [5.41, 5.74) is 2.99. The normalized spacial score (nSPS) is 17.5. The van der Waals surface area contributed by atoms with Gasteiger partial charge in [0.15, 0.2) is 0 Å². The second-order valence-corrected chi connectivity index (χ2v) is 2.47. The van der Waals surface area contributed by atoms with E-state index >= 15 is 0 Å². The SMILES string of the molecule is CNC(=O)NN=C1COCCOC1. The molecule has 1 fully saturated rings. The lowest BCUT2D eigenvalue weighted by atomic mass is 10.4. The molecular formula is C7H13N3O3. The highest BCUT2D eigenvalue weighted by Crippen LogP contribution is 1.90. The largest absolute Gasteiger partial charge is 0.373 e. The van der Waals surface area contributed by atoms with Crippen molar-refractivity contribution in [1.29, 1.82) is 0 Å². The summed E-state index contributed by atoms with van der Waals surface area (Å²) in [6.07, 6.45) is 0. The molecule has 2 N–H and O–H groups in total. The monoisotopic (exact) mass is 187 g/mol. The zero-order valence-electron chi connectivity index (χ0n) is 7.50. The molecule has 1 aliphatic heterocycles. The molecule has 0 bridgehead atoms. The van der Waals surface area contributed by atoms with Crippen LogP contribution in [0.15, 0.2) is 5.10 Å². The van der Waals surface area contributed by atoms with E-state index in [1.54, 1.807) is 0 Å². The Hall–Kier alpha value is -1.14. The molecule has 0 saturated carbocycles. The third-order valence-electron chi connectivity index (χ3n) is 1.45. The van der Waals surface area contributed by atoms with Crippen molar-refractivity contribution >= 4 is 11.7 Å². The second kappa shape index (κ2) is 5.50. The minimum absolute atomic E-state index is 0.350. The Kier molecular flexibility index (Phi) is 4.20. The van der Waals surface area contributed by atoms with Crippen molar-refractivity contribution in [3.05, 3.63) is 0 Å². The minimum atomic E-state index is -0.350. The number of carbonyl (C=O) groups is 1. The van der Waals surface area contributed by atoms with E-state index in [1.807, 2.05) is 0 Å². The van der Waals surface area contributed by atoms with Crippen molar-refractivity contribution in [2.45, 2.75) is 0 Å². The summed E-state index contributed by atoms with van der Waals surface area (Å²) in [6, 6.07) is -0.350. The maximum atomic E-state index is 10.7. The highest BCUT2D eigenvalue weighted by molar-refractivity contribution is 5.88. The van der Waals surface area contributed by atoms with Crippen molar-refractivity contribution in [3.8, 4) is 0 Å². The van der Waals surface area contributed by atoms with Crippen molar-refractivity contribution < 1.29 is 14.3 Å². The fourth-order valence-electron chi connectivity index (χ4n) is 0.790. The molecule has 6 heteroatoms. The van der Waals surface area contributed by atoms with Crippen LogP contribution in [-0.4, -0.2) is 45.2 Å². The van der Waals surface area contributed by atoms with Crippen LogP contribution < -0.4 is 10.7 Å². The molecule has 0 radical (unpaired) electrons. The molecule has 1 rings (SSSR count). The molecular weight excluding hydrogens is 174 g/mol. The Morgan fingerprint density at radius 2 is 2.00 bits per heavy atom. The first-order valence-corrected chi connectivity index (χ1v) is 4.01. The van der Waals surface area contributed by atoms with Gasteiger partial charge in [-0.15, -0.1) is 0 Å². The third kappa shape index (κ3) is 3.86. The summed E-state index contributed by atoms with van der Waals surface area (Å²) in [7, 11) is 1.52. The number of urea groups is 1. The standard InChI is InChI=1S/C7H13N3O3/c1-8-7(11)10-9-6-4-12-2-3-13-5-6/h2-5H2,1H3,(H2,8,10,11). The number of carbonyl (C=O) groups excluding carboxylic acids is 1. The first-order chi connectivity index (χ1) is 6.33. The van der Waals surface area contributed by atoms with E-state index in [2.05, 4.69) is 15.8 Å². The Morgan fingerprint density at radius 1 is 1.38 bits per heavy atom. The molecule has 13 heavy (non-hydrogen) atoms. The Morgan fingerprint density at radius 3 is 2.54 bits per heavy atom. The number of nitrogens with one attached hydrogen (secondary N) is 2. The molecule has 1 heterocycles. The molecule has 0 spiro atoms. The zero-order chi connectivity index (χ0) is 9.52. The van der Waals surface area contributed by atoms with Gasteiger partial charge in [-0.2, -0.15) is 5.10 Å². The van der Waals surface area contributed by atoms with Crippen molar-refractivity contribution in [2.24, 2.45) is 5.10 Å². The first kappa shape index (κ1) is 9.94. The van der Waals surface area contributed by atoms with Crippen LogP contribution >= 0.6 is 0 Å². The van der Waals surface area contributed by atoms with Crippen LogP contribution in [0.5, 0.6) is 0 Å². The summed E-state index contributed by atoms with van der Waals surface area (Å²) in [5.74, 6) is 0. The zero-order valence-corrected chi connectivity index (χ0v) is 7.50. The minimum Gasteiger partial charge on any atom is -0.373 e. The van der Waals surface area contributed by atoms with Gasteiger partial charge in [0.2, 0.25) is 0 Å². The van der Waals surface area contributed by atoms with Crippen molar-refractivity contribution in [2.75, 3.05) is 33.5 Å². The topological polar surface area (TPSA) is 72.0 Å². The molecule has 0 aromatic carbocycles. The van der Waals surface area contributed by atoms with Crippen molar-refractivity contribution in [1.82, 2.24) is 10.7 Å². The molecule has 6 nitrogen and oxygen atoms in total. The quantitative estimate of drug-likeness (QED) is 0.534. The summed E-state index contributed by atoms with van der Waals surface area (Å²) >= 11 is 0. The molecule has 0 atom stereocenters. The summed E-state index contributed by atoms with van der Waals surface area (Å²) in [4.78, 5) is 10.7. The van der Waals surface area contributed by atoms with E-state index in [-0.39, 0.29) is 6.03 Å². The maximum Gasteiger partial charge on any atom is 0.334 e. The number of hydrazone groups is 1. The number of nitrogens with zero attached hydrogens (tertiary/aromatic N) is 1. The fraction of sp³-hybridized carbons (Fsp3) is 0.714. The molecule has 1 aliphatic rings. The first-order valence-electron chi connectivity index (χ1n) is 4.01. The second-order valence-electron chi connectivity index (χ2n) is 2.47. The average Bonchev–Trinajstić information content (AvgIpc) is 2.42. The van der Waals surface area contributed by atoms with Crippen LogP contribution in [0, 0.1) is 0 Å². The van der Waals surface area contributed by atoms with Gasteiger partial charge >= 0.3 is 6.03 Å². The predicted molar refractivity (Wildman–Crippen MR) is 46.7 cm³/mol. The molecule has 0 aromatic heterocycles. The lowest BCUT2D eigenvalue weighted by Gasteiger charge is -2.01. The highest BCUT2D eigenvalue weighted by atomic mass is 16.5. The number of hydrogen-bond donors (Lipinski definition) is 2. The van der Waals surface area contributed by atoms with E-state index in [0.29, 0.717) is 32.1 Å². The number of rotatable bonds is 1. The summed E-state index contributed by atoms with van der Waals surface area (Å²) in [5, 5.41) is 6.20.